The number of rotatable bonds is 5. The van der Waals surface area contributed by atoms with E-state index in [2.05, 4.69) is 5.32 Å². The summed E-state index contributed by atoms with van der Waals surface area (Å²) in [6.07, 6.45) is 3.04. The molecule has 5 nitrogen and oxygen atoms in total. The molecule has 0 atom stereocenters. The molecular weight excluding hydrogens is 282 g/mol. The molecule has 3 N–H and O–H groups in total. The highest BCUT2D eigenvalue weighted by molar-refractivity contribution is 5.91. The largest absolute Gasteiger partial charge is 0.508 e. The molecule has 0 saturated heterocycles. The number of benzene rings is 2. The van der Waals surface area contributed by atoms with Crippen molar-refractivity contribution >= 4 is 18.0 Å². The molecule has 5 heteroatoms. The molecule has 0 aliphatic carbocycles. The summed E-state index contributed by atoms with van der Waals surface area (Å²) >= 11 is 0. The van der Waals surface area contributed by atoms with Crippen LogP contribution in [0.2, 0.25) is 0 Å². The average Bonchev–Trinajstić information content (AvgIpc) is 2.52. The number of aromatic carboxylic acids is 1. The Bertz CT molecular complexity index is 688. The molecule has 22 heavy (non-hydrogen) atoms. The van der Waals surface area contributed by atoms with E-state index in [1.807, 2.05) is 0 Å². The van der Waals surface area contributed by atoms with Gasteiger partial charge in [0.1, 0.15) is 5.75 Å². The fraction of sp³-hybridized carbons (Fsp3) is 0.0588. The van der Waals surface area contributed by atoms with E-state index in [0.29, 0.717) is 6.54 Å². The Morgan fingerprint density at radius 1 is 1.00 bits per heavy atom. The smallest absolute Gasteiger partial charge is 0.335 e. The number of carbonyl (C=O) groups is 2. The predicted octanol–water partition coefficient (Wildman–Crippen LogP) is 2.42. The summed E-state index contributed by atoms with van der Waals surface area (Å²) in [5.41, 5.74) is 1.83. The summed E-state index contributed by atoms with van der Waals surface area (Å²) in [6, 6.07) is 12.8. The Morgan fingerprint density at radius 3 is 2.23 bits per heavy atom. The highest BCUT2D eigenvalue weighted by atomic mass is 16.4. The van der Waals surface area contributed by atoms with Crippen LogP contribution >= 0.6 is 0 Å². The zero-order valence-corrected chi connectivity index (χ0v) is 11.7. The van der Waals surface area contributed by atoms with Crippen LogP contribution in [-0.2, 0) is 11.3 Å². The fourth-order valence-corrected chi connectivity index (χ4v) is 1.77. The SMILES string of the molecule is O=C(/C=C/c1ccc(O)cc1)NCc1ccc(C(=O)O)cc1. The summed E-state index contributed by atoms with van der Waals surface area (Å²) < 4.78 is 0. The fourth-order valence-electron chi connectivity index (χ4n) is 1.77. The van der Waals surface area contributed by atoms with Gasteiger partial charge in [-0.3, -0.25) is 4.79 Å². The summed E-state index contributed by atoms with van der Waals surface area (Å²) in [5, 5.41) is 20.7. The zero-order chi connectivity index (χ0) is 15.9. The van der Waals surface area contributed by atoms with E-state index in [4.69, 9.17) is 10.2 Å². The number of phenols is 1. The quantitative estimate of drug-likeness (QED) is 0.740. The Morgan fingerprint density at radius 2 is 1.64 bits per heavy atom. The van der Waals surface area contributed by atoms with Gasteiger partial charge in [0.25, 0.3) is 0 Å². The Kier molecular flexibility index (Phi) is 4.93. The van der Waals surface area contributed by atoms with Crippen molar-refractivity contribution in [2.45, 2.75) is 6.54 Å². The average molecular weight is 297 g/mol. The second kappa shape index (κ2) is 7.08. The van der Waals surface area contributed by atoms with E-state index in [1.165, 1.54) is 18.2 Å². The lowest BCUT2D eigenvalue weighted by Gasteiger charge is -2.03. The molecule has 0 saturated carbocycles. The minimum atomic E-state index is -0.979. The van der Waals surface area contributed by atoms with Gasteiger partial charge in [-0.2, -0.15) is 0 Å². The molecule has 0 aliphatic rings. The standard InChI is InChI=1S/C17H15NO4/c19-15-8-3-12(4-9-15)5-10-16(20)18-11-13-1-6-14(7-2-13)17(21)22/h1-10,19H,11H2,(H,18,20)(H,21,22)/b10-5+. The van der Waals surface area contributed by atoms with Crippen molar-refractivity contribution in [3.63, 3.8) is 0 Å². The number of amides is 1. The highest BCUT2D eigenvalue weighted by Gasteiger charge is 2.02. The van der Waals surface area contributed by atoms with Gasteiger partial charge in [0.05, 0.1) is 5.56 Å². The van der Waals surface area contributed by atoms with E-state index >= 15 is 0 Å². The number of carboxylic acid groups (broad SMARTS) is 1. The van der Waals surface area contributed by atoms with Gasteiger partial charge in [-0.15, -0.1) is 0 Å². The summed E-state index contributed by atoms with van der Waals surface area (Å²) in [5.74, 6) is -1.06. The Labute approximate surface area is 127 Å². The van der Waals surface area contributed by atoms with E-state index in [1.54, 1.807) is 42.5 Å². The number of phenolic OH excluding ortho intramolecular Hbond substituents is 1. The van der Waals surface area contributed by atoms with Crippen LogP contribution in [0.1, 0.15) is 21.5 Å². The molecule has 1 amide bonds. The Balaban J connectivity index is 1.87. The first-order chi connectivity index (χ1) is 10.5. The number of aromatic hydroxyl groups is 1. The molecule has 2 aromatic rings. The lowest BCUT2D eigenvalue weighted by atomic mass is 10.1. The minimum Gasteiger partial charge on any atom is -0.508 e. The zero-order valence-electron chi connectivity index (χ0n) is 11.7. The van der Waals surface area contributed by atoms with Gasteiger partial charge in [0, 0.05) is 12.6 Å². The van der Waals surface area contributed by atoms with E-state index in [9.17, 15) is 9.59 Å². The lowest BCUT2D eigenvalue weighted by molar-refractivity contribution is -0.116. The van der Waals surface area contributed by atoms with E-state index in [0.717, 1.165) is 11.1 Å². The highest BCUT2D eigenvalue weighted by Crippen LogP contribution is 2.10. The summed E-state index contributed by atoms with van der Waals surface area (Å²) in [4.78, 5) is 22.4. The van der Waals surface area contributed by atoms with Crippen molar-refractivity contribution in [2.75, 3.05) is 0 Å². The van der Waals surface area contributed by atoms with Crippen molar-refractivity contribution in [1.82, 2.24) is 5.32 Å². The third kappa shape index (κ3) is 4.49. The van der Waals surface area contributed by atoms with Crippen LogP contribution in [0.3, 0.4) is 0 Å². The van der Waals surface area contributed by atoms with Gasteiger partial charge in [0.15, 0.2) is 0 Å². The molecule has 2 rings (SSSR count). The first-order valence-electron chi connectivity index (χ1n) is 6.62. The van der Waals surface area contributed by atoms with E-state index in [-0.39, 0.29) is 17.2 Å². The maximum atomic E-state index is 11.7. The normalized spacial score (nSPS) is 10.5. The topological polar surface area (TPSA) is 86.6 Å². The second-order valence-corrected chi connectivity index (χ2v) is 4.64. The number of carboxylic acids is 1. The number of carbonyl (C=O) groups excluding carboxylic acids is 1. The van der Waals surface area contributed by atoms with Gasteiger partial charge in [-0.25, -0.2) is 4.79 Å². The van der Waals surface area contributed by atoms with Crippen LogP contribution < -0.4 is 5.32 Å². The molecule has 0 bridgehead atoms. The van der Waals surface area contributed by atoms with Crippen molar-refractivity contribution in [3.8, 4) is 5.75 Å². The maximum absolute atomic E-state index is 11.7. The molecule has 0 fully saturated rings. The van der Waals surface area contributed by atoms with Crippen molar-refractivity contribution < 1.29 is 19.8 Å². The third-order valence-corrected chi connectivity index (χ3v) is 2.99. The minimum absolute atomic E-state index is 0.173. The molecule has 0 aliphatic heterocycles. The monoisotopic (exact) mass is 297 g/mol. The molecular formula is C17H15NO4. The van der Waals surface area contributed by atoms with Crippen LogP contribution in [0.4, 0.5) is 0 Å². The van der Waals surface area contributed by atoms with Gasteiger partial charge in [0.2, 0.25) is 5.91 Å². The lowest BCUT2D eigenvalue weighted by Crippen LogP contribution is -2.20. The summed E-state index contributed by atoms with van der Waals surface area (Å²) in [7, 11) is 0. The van der Waals surface area contributed by atoms with Crippen molar-refractivity contribution in [2.24, 2.45) is 0 Å². The number of nitrogens with one attached hydrogen (secondary N) is 1. The van der Waals surface area contributed by atoms with Gasteiger partial charge in [-0.05, 0) is 41.5 Å². The third-order valence-electron chi connectivity index (χ3n) is 2.99. The van der Waals surface area contributed by atoms with Crippen LogP contribution in [-0.4, -0.2) is 22.1 Å². The second-order valence-electron chi connectivity index (χ2n) is 4.64. The molecule has 0 aromatic heterocycles. The molecule has 0 heterocycles. The van der Waals surface area contributed by atoms with Crippen LogP contribution in [0.5, 0.6) is 5.75 Å². The van der Waals surface area contributed by atoms with Crippen LogP contribution in [0.25, 0.3) is 6.08 Å². The Hall–Kier alpha value is -3.08. The molecule has 2 aromatic carbocycles. The van der Waals surface area contributed by atoms with Crippen molar-refractivity contribution in [1.29, 1.82) is 0 Å². The summed E-state index contributed by atoms with van der Waals surface area (Å²) in [6.45, 7) is 0.318. The van der Waals surface area contributed by atoms with Gasteiger partial charge in [-0.1, -0.05) is 24.3 Å². The van der Waals surface area contributed by atoms with Crippen molar-refractivity contribution in [3.05, 3.63) is 71.3 Å². The molecule has 0 radical (unpaired) electrons. The number of hydrogen-bond acceptors (Lipinski definition) is 3. The molecule has 0 unspecified atom stereocenters. The van der Waals surface area contributed by atoms with Gasteiger partial charge >= 0.3 is 5.97 Å². The predicted molar refractivity (Wildman–Crippen MR) is 82.4 cm³/mol. The molecule has 0 spiro atoms. The van der Waals surface area contributed by atoms with Crippen LogP contribution in [0.15, 0.2) is 54.6 Å². The first-order valence-corrected chi connectivity index (χ1v) is 6.62. The molecule has 112 valence electrons. The maximum Gasteiger partial charge on any atom is 0.335 e. The van der Waals surface area contributed by atoms with Gasteiger partial charge < -0.3 is 15.5 Å². The van der Waals surface area contributed by atoms with E-state index < -0.39 is 5.97 Å². The first kappa shape index (κ1) is 15.3. The number of hydrogen-bond donors (Lipinski definition) is 3. The van der Waals surface area contributed by atoms with Crippen LogP contribution in [0, 0.1) is 0 Å².